The molecule has 0 saturated carbocycles. The molecule has 0 radical (unpaired) electrons. The van der Waals surface area contributed by atoms with Crippen molar-refractivity contribution >= 4 is 0 Å². The third kappa shape index (κ3) is 4.86. The van der Waals surface area contributed by atoms with Gasteiger partial charge < -0.3 is 0 Å². The van der Waals surface area contributed by atoms with E-state index in [4.69, 9.17) is 0 Å². The van der Waals surface area contributed by atoms with Crippen LogP contribution in [0.3, 0.4) is 0 Å². The van der Waals surface area contributed by atoms with Crippen molar-refractivity contribution in [2.45, 2.75) is 151 Å². The second-order valence-corrected chi connectivity index (χ2v) is 11.0. The number of halogens is 10. The van der Waals surface area contributed by atoms with Gasteiger partial charge in [0.25, 0.3) is 5.85 Å². The monoisotopic (exact) mass is 576 g/mol. The molecular weight excluding hydrogens is 530 g/mol. The highest BCUT2D eigenvalue weighted by atomic mass is 19.4. The van der Waals surface area contributed by atoms with Crippen molar-refractivity contribution in [1.29, 1.82) is 0 Å². The van der Waals surface area contributed by atoms with E-state index in [2.05, 4.69) is 4.74 Å². The molecule has 38 heavy (non-hydrogen) atoms. The zero-order valence-electron chi connectivity index (χ0n) is 24.3. The normalized spacial score (nSPS) is 17.1. The molecule has 0 aromatic carbocycles. The predicted octanol–water partition coefficient (Wildman–Crippen LogP) is 11.4. The second-order valence-electron chi connectivity index (χ2n) is 11.0. The molecule has 0 aliphatic heterocycles. The molecule has 11 heteroatoms. The summed E-state index contributed by atoms with van der Waals surface area (Å²) in [5.41, 5.74) is -11.5. The van der Waals surface area contributed by atoms with Crippen LogP contribution in [0.4, 0.5) is 43.9 Å². The summed E-state index contributed by atoms with van der Waals surface area (Å²) in [7, 11) is 0. The summed E-state index contributed by atoms with van der Waals surface area (Å²) >= 11 is 0. The van der Waals surface area contributed by atoms with Gasteiger partial charge in [-0.3, -0.25) is 0 Å². The van der Waals surface area contributed by atoms with E-state index in [1.807, 2.05) is 0 Å². The Balaban J connectivity index is 8.06. The van der Waals surface area contributed by atoms with Gasteiger partial charge in [0.2, 0.25) is 0 Å². The molecule has 0 heterocycles. The molecule has 0 N–H and O–H groups in total. The minimum Gasteiger partial charge on any atom is -0.247 e. The van der Waals surface area contributed by atoms with E-state index >= 15 is 30.7 Å². The molecule has 0 aliphatic carbocycles. The van der Waals surface area contributed by atoms with Crippen LogP contribution in [-0.2, 0) is 4.74 Å². The smallest absolute Gasteiger partial charge is 0.247 e. The van der Waals surface area contributed by atoms with Crippen LogP contribution in [-0.4, -0.2) is 30.0 Å². The van der Waals surface area contributed by atoms with Gasteiger partial charge in [0.05, 0.1) is 10.8 Å². The first-order chi connectivity index (χ1) is 16.9. The molecule has 0 aromatic heterocycles. The van der Waals surface area contributed by atoms with Crippen LogP contribution >= 0.6 is 0 Å². The third-order valence-electron chi connectivity index (χ3n) is 10.2. The number of ether oxygens (including phenoxy) is 1. The Morgan fingerprint density at radius 2 is 0.684 bits per heavy atom. The van der Waals surface area contributed by atoms with E-state index in [0.717, 1.165) is 41.5 Å². The summed E-state index contributed by atoms with van der Waals surface area (Å²) in [6.45, 7) is 10.7. The lowest BCUT2D eigenvalue weighted by Gasteiger charge is -2.62. The highest BCUT2D eigenvalue weighted by molar-refractivity contribution is 5.19. The molecule has 0 rings (SSSR count). The number of rotatable bonds is 16. The Kier molecular flexibility index (Phi) is 11.4. The summed E-state index contributed by atoms with van der Waals surface area (Å²) in [5.74, 6) is -20.1. The van der Waals surface area contributed by atoms with Gasteiger partial charge in [0.15, 0.2) is 0 Å². The maximum Gasteiger partial charge on any atom is 0.525 e. The van der Waals surface area contributed by atoms with Crippen molar-refractivity contribution in [2.75, 3.05) is 0 Å². The van der Waals surface area contributed by atoms with Crippen LogP contribution in [0.15, 0.2) is 0 Å². The third-order valence-corrected chi connectivity index (χ3v) is 10.2. The van der Waals surface area contributed by atoms with Gasteiger partial charge in [-0.1, -0.05) is 69.2 Å². The SMILES string of the molecule is CCC(C)(CC)C(F)(F)C(F)(F)C(CC)(CC)C(CC)(CC)C(F)(F)C(F)(OC(F)(F)F)C(C)(CC)CC. The number of hydrogen-bond donors (Lipinski definition) is 0. The van der Waals surface area contributed by atoms with Crippen molar-refractivity contribution < 1.29 is 48.6 Å². The molecule has 1 unspecified atom stereocenters. The average molecular weight is 577 g/mol. The van der Waals surface area contributed by atoms with E-state index in [9.17, 15) is 13.2 Å². The van der Waals surface area contributed by atoms with Crippen molar-refractivity contribution in [2.24, 2.45) is 21.7 Å². The zero-order valence-corrected chi connectivity index (χ0v) is 24.3. The zero-order chi connectivity index (χ0) is 30.9. The van der Waals surface area contributed by atoms with Crippen molar-refractivity contribution in [3.05, 3.63) is 0 Å². The number of alkyl halides is 10. The fourth-order valence-electron chi connectivity index (χ4n) is 6.45. The highest BCUT2D eigenvalue weighted by Gasteiger charge is 2.84. The first-order valence-electron chi connectivity index (χ1n) is 13.5. The van der Waals surface area contributed by atoms with Gasteiger partial charge in [-0.2, -0.15) is 26.3 Å². The molecular formula is C27H46F10O. The van der Waals surface area contributed by atoms with Crippen LogP contribution in [0.1, 0.15) is 121 Å². The topological polar surface area (TPSA) is 9.23 Å². The van der Waals surface area contributed by atoms with E-state index in [1.54, 1.807) is 0 Å². The maximum absolute atomic E-state index is 16.9. The summed E-state index contributed by atoms with van der Waals surface area (Å²) in [6, 6.07) is 0. The summed E-state index contributed by atoms with van der Waals surface area (Å²) in [6.07, 6.45) is -11.9. The van der Waals surface area contributed by atoms with Gasteiger partial charge in [-0.25, -0.2) is 9.13 Å². The van der Waals surface area contributed by atoms with Crippen LogP contribution < -0.4 is 0 Å². The van der Waals surface area contributed by atoms with Crippen LogP contribution in [0.5, 0.6) is 0 Å². The van der Waals surface area contributed by atoms with Gasteiger partial charge in [0.1, 0.15) is 0 Å². The molecule has 230 valence electrons. The molecule has 1 atom stereocenters. The fraction of sp³-hybridized carbons (Fsp3) is 1.00. The highest BCUT2D eigenvalue weighted by Crippen LogP contribution is 2.73. The van der Waals surface area contributed by atoms with Crippen molar-refractivity contribution in [3.8, 4) is 0 Å². The Morgan fingerprint density at radius 3 is 0.921 bits per heavy atom. The summed E-state index contributed by atoms with van der Waals surface area (Å²) in [5, 5.41) is 0. The lowest BCUT2D eigenvalue weighted by atomic mass is 9.47. The first kappa shape index (κ1) is 37.3. The van der Waals surface area contributed by atoms with E-state index in [1.165, 1.54) is 27.7 Å². The lowest BCUT2D eigenvalue weighted by Crippen LogP contribution is -2.74. The molecule has 1 nitrogen and oxygen atoms in total. The quantitative estimate of drug-likeness (QED) is 0.166. The van der Waals surface area contributed by atoms with Gasteiger partial charge in [0, 0.05) is 10.8 Å². The Bertz CT molecular complexity index is 745. The van der Waals surface area contributed by atoms with Crippen molar-refractivity contribution in [1.82, 2.24) is 0 Å². The molecule has 0 amide bonds. The van der Waals surface area contributed by atoms with Gasteiger partial charge in [-0.15, -0.1) is 13.2 Å². The van der Waals surface area contributed by atoms with Gasteiger partial charge >= 0.3 is 24.1 Å². The van der Waals surface area contributed by atoms with E-state index in [0.29, 0.717) is 0 Å². The molecule has 0 aliphatic rings. The van der Waals surface area contributed by atoms with Crippen molar-refractivity contribution in [3.63, 3.8) is 0 Å². The lowest BCUT2D eigenvalue weighted by molar-refractivity contribution is -0.479. The summed E-state index contributed by atoms with van der Waals surface area (Å²) in [4.78, 5) is 0. The molecule has 0 fully saturated rings. The minimum absolute atomic E-state index is 0.425. The van der Waals surface area contributed by atoms with E-state index < -0.39 is 103 Å². The minimum atomic E-state index is -5.91. The average Bonchev–Trinajstić information content (AvgIpc) is 2.84. The predicted molar refractivity (Wildman–Crippen MR) is 129 cm³/mol. The largest absolute Gasteiger partial charge is 0.525 e. The standard InChI is InChI=1S/C27H46F10O/c1-11-19(9,12-2)23(28,29)24(30,31)21(15-5,16-6)22(17-7,18-8)25(32,33)26(34,38-27(35,36)37)20(10,13-3)14-4/h11-18H2,1-10H3. The number of hydrogen-bond acceptors (Lipinski definition) is 1. The van der Waals surface area contributed by atoms with E-state index in [-0.39, 0.29) is 0 Å². The Labute approximate surface area is 221 Å². The molecule has 0 bridgehead atoms. The van der Waals surface area contributed by atoms with Crippen LogP contribution in [0, 0.1) is 21.7 Å². The summed E-state index contributed by atoms with van der Waals surface area (Å²) < 4.78 is 160. The van der Waals surface area contributed by atoms with Crippen LogP contribution in [0.25, 0.3) is 0 Å². The van der Waals surface area contributed by atoms with Crippen LogP contribution in [0.2, 0.25) is 0 Å². The Hall–Kier alpha value is -0.740. The Morgan fingerprint density at radius 1 is 0.395 bits per heavy atom. The molecule has 0 spiro atoms. The molecule has 0 aromatic rings. The molecule has 0 saturated heterocycles. The van der Waals surface area contributed by atoms with Gasteiger partial charge in [-0.05, 0) is 51.4 Å². The fourth-order valence-corrected chi connectivity index (χ4v) is 6.45. The maximum atomic E-state index is 16.9. The first-order valence-corrected chi connectivity index (χ1v) is 13.5. The second kappa shape index (κ2) is 11.6.